The molecule has 0 aliphatic carbocycles. The second-order valence-electron chi connectivity index (χ2n) is 4.97. The van der Waals surface area contributed by atoms with Crippen molar-refractivity contribution in [3.63, 3.8) is 0 Å². The van der Waals surface area contributed by atoms with E-state index in [0.717, 1.165) is 12.5 Å². The summed E-state index contributed by atoms with van der Waals surface area (Å²) in [5.41, 5.74) is 1.44. The Bertz CT molecular complexity index is 308. The van der Waals surface area contributed by atoms with Gasteiger partial charge in [0.15, 0.2) is 0 Å². The number of benzene rings is 1. The van der Waals surface area contributed by atoms with E-state index in [1.807, 2.05) is 11.8 Å². The highest BCUT2D eigenvalue weighted by molar-refractivity contribution is 7.99. The summed E-state index contributed by atoms with van der Waals surface area (Å²) in [4.78, 5) is 0. The monoisotopic (exact) mass is 279 g/mol. The molecule has 0 fully saturated rings. The molecule has 0 aliphatic rings. The summed E-state index contributed by atoms with van der Waals surface area (Å²) in [5, 5.41) is 3.78. The molecule has 19 heavy (non-hydrogen) atoms. The van der Waals surface area contributed by atoms with Crippen molar-refractivity contribution in [1.29, 1.82) is 0 Å². The third-order valence-corrected chi connectivity index (χ3v) is 4.70. The molecule has 0 bridgehead atoms. The zero-order chi connectivity index (χ0) is 13.9. The normalized spacial score (nSPS) is 12.8. The molecular weight excluding hydrogens is 250 g/mol. The molecule has 1 unspecified atom stereocenters. The molecule has 1 atom stereocenters. The summed E-state index contributed by atoms with van der Waals surface area (Å²) in [5.74, 6) is 3.24. The maximum Gasteiger partial charge on any atom is 0.0348 e. The van der Waals surface area contributed by atoms with E-state index in [4.69, 9.17) is 0 Å². The minimum absolute atomic E-state index is 0.517. The second kappa shape index (κ2) is 10.3. The van der Waals surface area contributed by atoms with Crippen molar-refractivity contribution >= 4 is 11.8 Å². The number of hydrogen-bond donors (Lipinski definition) is 1. The maximum atomic E-state index is 3.78. The van der Waals surface area contributed by atoms with Crippen LogP contribution in [0.25, 0.3) is 0 Å². The van der Waals surface area contributed by atoms with Gasteiger partial charge in [0, 0.05) is 6.04 Å². The molecule has 1 nitrogen and oxygen atoms in total. The molecule has 0 aromatic heterocycles. The molecule has 1 aromatic rings. The van der Waals surface area contributed by atoms with E-state index in [-0.39, 0.29) is 0 Å². The van der Waals surface area contributed by atoms with Crippen LogP contribution in [0.5, 0.6) is 0 Å². The van der Waals surface area contributed by atoms with E-state index in [1.54, 1.807) is 0 Å². The lowest BCUT2D eigenvalue weighted by atomic mass is 9.89. The highest BCUT2D eigenvalue weighted by Crippen LogP contribution is 2.27. The molecule has 0 amide bonds. The standard InChI is InChI=1S/C17H29NS/c1-4-15(5-2)17(16-11-8-7-9-12-16)18-13-10-14-19-6-3/h7-9,11-12,15,17-18H,4-6,10,13-14H2,1-3H3. The highest BCUT2D eigenvalue weighted by Gasteiger charge is 2.19. The van der Waals surface area contributed by atoms with Gasteiger partial charge in [-0.15, -0.1) is 0 Å². The molecule has 0 spiro atoms. The quantitative estimate of drug-likeness (QED) is 0.612. The van der Waals surface area contributed by atoms with Gasteiger partial charge < -0.3 is 5.32 Å². The van der Waals surface area contributed by atoms with E-state index in [2.05, 4.69) is 56.4 Å². The molecule has 0 radical (unpaired) electrons. The largest absolute Gasteiger partial charge is 0.310 e. The first-order chi connectivity index (χ1) is 9.33. The SMILES string of the molecule is CCSCCCNC(c1ccccc1)C(CC)CC. The first-order valence-electron chi connectivity index (χ1n) is 7.69. The Morgan fingerprint density at radius 2 is 1.74 bits per heavy atom. The Balaban J connectivity index is 2.55. The first-order valence-corrected chi connectivity index (χ1v) is 8.84. The summed E-state index contributed by atoms with van der Waals surface area (Å²) in [6, 6.07) is 11.4. The fraction of sp³-hybridized carbons (Fsp3) is 0.647. The Kier molecular flexibility index (Phi) is 9.02. The third kappa shape index (κ3) is 6.01. The number of nitrogens with one attached hydrogen (secondary N) is 1. The van der Waals surface area contributed by atoms with Crippen LogP contribution in [0.15, 0.2) is 30.3 Å². The van der Waals surface area contributed by atoms with Gasteiger partial charge in [-0.05, 0) is 36.0 Å². The molecule has 2 heteroatoms. The van der Waals surface area contributed by atoms with Gasteiger partial charge in [-0.1, -0.05) is 63.9 Å². The van der Waals surface area contributed by atoms with Crippen molar-refractivity contribution < 1.29 is 0 Å². The van der Waals surface area contributed by atoms with Crippen molar-refractivity contribution in [1.82, 2.24) is 5.32 Å². The van der Waals surface area contributed by atoms with Gasteiger partial charge in [0.05, 0.1) is 0 Å². The molecule has 1 aromatic carbocycles. The summed E-state index contributed by atoms with van der Waals surface area (Å²) < 4.78 is 0. The lowest BCUT2D eigenvalue weighted by molar-refractivity contribution is 0.342. The van der Waals surface area contributed by atoms with E-state index in [1.165, 1.54) is 36.3 Å². The fourth-order valence-corrected chi connectivity index (χ4v) is 3.19. The maximum absolute atomic E-state index is 3.78. The van der Waals surface area contributed by atoms with Crippen molar-refractivity contribution in [2.75, 3.05) is 18.1 Å². The van der Waals surface area contributed by atoms with Gasteiger partial charge in [0.2, 0.25) is 0 Å². The molecule has 0 saturated carbocycles. The molecule has 108 valence electrons. The van der Waals surface area contributed by atoms with Gasteiger partial charge in [-0.3, -0.25) is 0 Å². The smallest absolute Gasteiger partial charge is 0.0348 e. The molecule has 0 aliphatic heterocycles. The molecule has 0 saturated heterocycles. The summed E-state index contributed by atoms with van der Waals surface area (Å²) >= 11 is 2.04. The summed E-state index contributed by atoms with van der Waals surface area (Å²) in [6.45, 7) is 7.97. The summed E-state index contributed by atoms with van der Waals surface area (Å²) in [7, 11) is 0. The van der Waals surface area contributed by atoms with Crippen LogP contribution in [0.2, 0.25) is 0 Å². The van der Waals surface area contributed by atoms with Crippen molar-refractivity contribution in [2.24, 2.45) is 5.92 Å². The van der Waals surface area contributed by atoms with Gasteiger partial charge in [-0.2, -0.15) is 11.8 Å². The predicted octanol–water partition coefficient (Wildman–Crippen LogP) is 4.90. The average Bonchev–Trinajstić information content (AvgIpc) is 2.47. The number of thioether (sulfide) groups is 1. The van der Waals surface area contributed by atoms with Crippen LogP contribution in [0.4, 0.5) is 0 Å². The zero-order valence-corrected chi connectivity index (χ0v) is 13.5. The van der Waals surface area contributed by atoms with Gasteiger partial charge in [0.1, 0.15) is 0 Å². The fourth-order valence-electron chi connectivity index (χ4n) is 2.55. The van der Waals surface area contributed by atoms with Crippen molar-refractivity contribution in [3.05, 3.63) is 35.9 Å². The third-order valence-electron chi connectivity index (χ3n) is 3.71. The molecule has 0 heterocycles. The lowest BCUT2D eigenvalue weighted by Crippen LogP contribution is -2.29. The van der Waals surface area contributed by atoms with Gasteiger partial charge in [-0.25, -0.2) is 0 Å². The van der Waals surface area contributed by atoms with Crippen molar-refractivity contribution in [2.45, 2.75) is 46.1 Å². The Morgan fingerprint density at radius 1 is 1.05 bits per heavy atom. The highest BCUT2D eigenvalue weighted by atomic mass is 32.2. The second-order valence-corrected chi connectivity index (χ2v) is 6.36. The number of hydrogen-bond acceptors (Lipinski definition) is 2. The van der Waals surface area contributed by atoms with Crippen LogP contribution < -0.4 is 5.32 Å². The Hall–Kier alpha value is -0.470. The van der Waals surface area contributed by atoms with Crippen LogP contribution >= 0.6 is 11.8 Å². The van der Waals surface area contributed by atoms with Crippen molar-refractivity contribution in [3.8, 4) is 0 Å². The lowest BCUT2D eigenvalue weighted by Gasteiger charge is -2.27. The van der Waals surface area contributed by atoms with Crippen LogP contribution in [0.1, 0.15) is 51.6 Å². The van der Waals surface area contributed by atoms with Gasteiger partial charge >= 0.3 is 0 Å². The van der Waals surface area contributed by atoms with Crippen LogP contribution in [0, 0.1) is 5.92 Å². The van der Waals surface area contributed by atoms with Crippen LogP contribution in [-0.2, 0) is 0 Å². The van der Waals surface area contributed by atoms with E-state index in [0.29, 0.717) is 6.04 Å². The minimum Gasteiger partial charge on any atom is -0.310 e. The molecule has 1 rings (SSSR count). The average molecular weight is 279 g/mol. The number of rotatable bonds is 10. The van der Waals surface area contributed by atoms with E-state index >= 15 is 0 Å². The molecular formula is C17H29NS. The topological polar surface area (TPSA) is 12.0 Å². The molecule has 1 N–H and O–H groups in total. The zero-order valence-electron chi connectivity index (χ0n) is 12.7. The summed E-state index contributed by atoms with van der Waals surface area (Å²) in [6.07, 6.45) is 3.75. The minimum atomic E-state index is 0.517. The van der Waals surface area contributed by atoms with Gasteiger partial charge in [0.25, 0.3) is 0 Å². The van der Waals surface area contributed by atoms with E-state index in [9.17, 15) is 0 Å². The Labute approximate surface area is 123 Å². The Morgan fingerprint density at radius 3 is 2.32 bits per heavy atom. The van der Waals surface area contributed by atoms with Crippen LogP contribution in [0.3, 0.4) is 0 Å². The van der Waals surface area contributed by atoms with E-state index < -0.39 is 0 Å². The van der Waals surface area contributed by atoms with Crippen LogP contribution in [-0.4, -0.2) is 18.1 Å². The first kappa shape index (κ1) is 16.6. The predicted molar refractivity (Wildman–Crippen MR) is 88.9 cm³/mol.